The molecule has 1 N–H and O–H groups in total. The van der Waals surface area contributed by atoms with E-state index in [1.54, 1.807) is 0 Å². The molecule has 4 nitrogen and oxygen atoms in total. The molecule has 28 heavy (non-hydrogen) atoms. The van der Waals surface area contributed by atoms with Crippen molar-refractivity contribution in [3.63, 3.8) is 0 Å². The molecule has 0 radical (unpaired) electrons. The van der Waals surface area contributed by atoms with E-state index in [4.69, 9.17) is 4.74 Å². The van der Waals surface area contributed by atoms with Crippen LogP contribution in [0.1, 0.15) is 24.0 Å². The van der Waals surface area contributed by atoms with Gasteiger partial charge in [-0.15, -0.1) is 0 Å². The number of esters is 1. The van der Waals surface area contributed by atoms with Gasteiger partial charge in [0.05, 0.1) is 11.8 Å². The molecule has 0 bridgehead atoms. The molecule has 0 amide bonds. The number of carbonyl (C=O) groups excluding carboxylic acids is 1. The summed E-state index contributed by atoms with van der Waals surface area (Å²) in [6.45, 7) is 4.02. The third-order valence-electron chi connectivity index (χ3n) is 5.66. The molecular weight excluding hydrogens is 352 g/mol. The molecule has 1 aliphatic rings. The maximum Gasteiger partial charge on any atom is 0.315 e. The summed E-state index contributed by atoms with van der Waals surface area (Å²) in [6, 6.07) is 14.0. The van der Waals surface area contributed by atoms with Gasteiger partial charge in [0.15, 0.2) is 0 Å². The lowest BCUT2D eigenvalue weighted by molar-refractivity contribution is -0.152. The SMILES string of the molecule is Cc1cccc2c(OC(=O)C3CC=CCC3C(=O)O)c3c(C)cccc3cc12. The van der Waals surface area contributed by atoms with Crippen molar-refractivity contribution in [2.45, 2.75) is 26.7 Å². The number of carboxylic acids is 1. The maximum absolute atomic E-state index is 13.0. The fraction of sp³-hybridized carbons (Fsp3) is 0.250. The Morgan fingerprint density at radius 1 is 0.929 bits per heavy atom. The number of hydrogen-bond acceptors (Lipinski definition) is 3. The summed E-state index contributed by atoms with van der Waals surface area (Å²) in [5.41, 5.74) is 2.12. The zero-order valence-corrected chi connectivity index (χ0v) is 15.9. The smallest absolute Gasteiger partial charge is 0.315 e. The Kier molecular flexibility index (Phi) is 4.63. The summed E-state index contributed by atoms with van der Waals surface area (Å²) in [7, 11) is 0. The topological polar surface area (TPSA) is 63.6 Å². The Labute approximate surface area is 163 Å². The van der Waals surface area contributed by atoms with Crippen molar-refractivity contribution in [3.8, 4) is 5.75 Å². The molecule has 0 spiro atoms. The second-order valence-electron chi connectivity index (χ2n) is 7.46. The molecule has 4 heteroatoms. The van der Waals surface area contributed by atoms with Gasteiger partial charge in [-0.25, -0.2) is 0 Å². The number of aliphatic carboxylic acids is 1. The van der Waals surface area contributed by atoms with Crippen molar-refractivity contribution < 1.29 is 19.4 Å². The molecule has 3 aromatic rings. The normalized spacial score (nSPS) is 19.1. The fourth-order valence-electron chi connectivity index (χ4n) is 4.11. The Bertz CT molecular complexity index is 1130. The first-order chi connectivity index (χ1) is 13.5. The van der Waals surface area contributed by atoms with Crippen LogP contribution < -0.4 is 4.74 Å². The third-order valence-corrected chi connectivity index (χ3v) is 5.66. The highest BCUT2D eigenvalue weighted by molar-refractivity contribution is 6.08. The molecule has 3 aromatic carbocycles. The van der Waals surface area contributed by atoms with Gasteiger partial charge < -0.3 is 9.84 Å². The number of ether oxygens (including phenoxy) is 1. The van der Waals surface area contributed by atoms with E-state index in [9.17, 15) is 14.7 Å². The first-order valence-corrected chi connectivity index (χ1v) is 9.48. The predicted molar refractivity (Wildman–Crippen MR) is 110 cm³/mol. The number of hydrogen-bond donors (Lipinski definition) is 1. The highest BCUT2D eigenvalue weighted by Gasteiger charge is 2.35. The van der Waals surface area contributed by atoms with Crippen LogP contribution in [0.25, 0.3) is 21.5 Å². The molecule has 2 unspecified atom stereocenters. The van der Waals surface area contributed by atoms with Gasteiger partial charge in [0.25, 0.3) is 0 Å². The van der Waals surface area contributed by atoms with E-state index in [0.29, 0.717) is 18.6 Å². The number of rotatable bonds is 3. The molecule has 0 fully saturated rings. The van der Waals surface area contributed by atoms with Gasteiger partial charge in [-0.2, -0.15) is 0 Å². The number of carbonyl (C=O) groups is 2. The quantitative estimate of drug-likeness (QED) is 0.297. The van der Waals surface area contributed by atoms with E-state index in [1.807, 2.05) is 62.4 Å². The van der Waals surface area contributed by atoms with Crippen LogP contribution in [-0.2, 0) is 9.59 Å². The first-order valence-electron chi connectivity index (χ1n) is 9.48. The minimum atomic E-state index is -0.957. The minimum absolute atomic E-state index is 0.351. The van der Waals surface area contributed by atoms with Crippen LogP contribution >= 0.6 is 0 Å². The van der Waals surface area contributed by atoms with Crippen molar-refractivity contribution >= 4 is 33.5 Å². The molecule has 0 aromatic heterocycles. The summed E-state index contributed by atoms with van der Waals surface area (Å²) in [4.78, 5) is 24.7. The number of carboxylic acid groups (broad SMARTS) is 1. The summed E-state index contributed by atoms with van der Waals surface area (Å²) < 4.78 is 5.96. The molecule has 2 atom stereocenters. The standard InChI is InChI=1S/C24H22O4/c1-14-7-6-12-17-20(14)13-16-9-5-8-15(2)21(16)22(17)28-24(27)19-11-4-3-10-18(19)23(25)26/h3-9,12-13,18-19H,10-11H2,1-2H3,(H,25,26). The number of benzene rings is 3. The first kappa shape index (κ1) is 18.2. The lowest BCUT2D eigenvalue weighted by Crippen LogP contribution is -2.33. The highest BCUT2D eigenvalue weighted by atomic mass is 16.5. The van der Waals surface area contributed by atoms with Gasteiger partial charge >= 0.3 is 11.9 Å². The van der Waals surface area contributed by atoms with Crippen LogP contribution in [0.5, 0.6) is 5.75 Å². The van der Waals surface area contributed by atoms with Gasteiger partial charge in [-0.1, -0.05) is 48.6 Å². The van der Waals surface area contributed by atoms with Crippen LogP contribution in [0, 0.1) is 25.7 Å². The average Bonchev–Trinajstić information content (AvgIpc) is 2.68. The Hall–Kier alpha value is -3.14. The van der Waals surface area contributed by atoms with Gasteiger partial charge in [-0.3, -0.25) is 9.59 Å². The number of fused-ring (bicyclic) bond motifs is 2. The van der Waals surface area contributed by atoms with Crippen molar-refractivity contribution in [2.75, 3.05) is 0 Å². The van der Waals surface area contributed by atoms with Crippen molar-refractivity contribution in [1.82, 2.24) is 0 Å². The summed E-state index contributed by atoms with van der Waals surface area (Å²) in [6.07, 6.45) is 4.42. The lowest BCUT2D eigenvalue weighted by Gasteiger charge is -2.24. The molecule has 1 aliphatic carbocycles. The molecule has 4 rings (SSSR count). The summed E-state index contributed by atoms with van der Waals surface area (Å²) in [5.74, 6) is -2.34. The van der Waals surface area contributed by atoms with E-state index < -0.39 is 23.8 Å². The average molecular weight is 374 g/mol. The zero-order chi connectivity index (χ0) is 19.8. The van der Waals surface area contributed by atoms with Gasteiger partial charge in [0.1, 0.15) is 5.75 Å². The zero-order valence-electron chi connectivity index (χ0n) is 15.9. The van der Waals surface area contributed by atoms with Crippen LogP contribution in [0.3, 0.4) is 0 Å². The monoisotopic (exact) mass is 374 g/mol. The van der Waals surface area contributed by atoms with E-state index in [0.717, 1.165) is 32.7 Å². The largest absolute Gasteiger partial charge is 0.481 e. The van der Waals surface area contributed by atoms with Crippen LogP contribution in [0.2, 0.25) is 0 Å². The second-order valence-corrected chi connectivity index (χ2v) is 7.46. The molecule has 0 aliphatic heterocycles. The van der Waals surface area contributed by atoms with E-state index in [2.05, 4.69) is 6.07 Å². The van der Waals surface area contributed by atoms with Gasteiger partial charge in [-0.05, 0) is 54.7 Å². The highest BCUT2D eigenvalue weighted by Crippen LogP contribution is 2.39. The van der Waals surface area contributed by atoms with Crippen LogP contribution in [-0.4, -0.2) is 17.0 Å². The van der Waals surface area contributed by atoms with Crippen molar-refractivity contribution in [3.05, 3.63) is 65.7 Å². The Balaban J connectivity index is 1.87. The summed E-state index contributed by atoms with van der Waals surface area (Å²) in [5, 5.41) is 13.3. The van der Waals surface area contributed by atoms with Crippen molar-refractivity contribution in [1.29, 1.82) is 0 Å². The number of allylic oxidation sites excluding steroid dienone is 2. The minimum Gasteiger partial charge on any atom is -0.481 e. The molecule has 0 heterocycles. The third kappa shape index (κ3) is 3.05. The van der Waals surface area contributed by atoms with E-state index in [-0.39, 0.29) is 0 Å². The van der Waals surface area contributed by atoms with Gasteiger partial charge in [0, 0.05) is 10.8 Å². The molecule has 0 saturated heterocycles. The second kappa shape index (κ2) is 7.12. The van der Waals surface area contributed by atoms with Crippen molar-refractivity contribution in [2.24, 2.45) is 11.8 Å². The Morgan fingerprint density at radius 2 is 1.61 bits per heavy atom. The van der Waals surface area contributed by atoms with E-state index >= 15 is 0 Å². The van der Waals surface area contributed by atoms with Gasteiger partial charge in [0.2, 0.25) is 0 Å². The predicted octanol–water partition coefficient (Wildman–Crippen LogP) is 5.18. The van der Waals surface area contributed by atoms with Crippen LogP contribution in [0.4, 0.5) is 0 Å². The van der Waals surface area contributed by atoms with Crippen LogP contribution in [0.15, 0.2) is 54.6 Å². The maximum atomic E-state index is 13.0. The number of aryl methyl sites for hydroxylation is 2. The molecule has 0 saturated carbocycles. The fourth-order valence-corrected chi connectivity index (χ4v) is 4.11. The molecular formula is C24H22O4. The Morgan fingerprint density at radius 3 is 2.36 bits per heavy atom. The van der Waals surface area contributed by atoms with E-state index in [1.165, 1.54) is 0 Å². The molecule has 142 valence electrons. The lowest BCUT2D eigenvalue weighted by atomic mass is 9.83. The summed E-state index contributed by atoms with van der Waals surface area (Å²) >= 11 is 0.